The quantitative estimate of drug-likeness (QED) is 0.714. The third kappa shape index (κ3) is 6.43. The first-order chi connectivity index (χ1) is 10.8. The van der Waals surface area contributed by atoms with Crippen LogP contribution in [0.15, 0.2) is 29.2 Å². The van der Waals surface area contributed by atoms with Crippen molar-refractivity contribution in [3.8, 4) is 12.3 Å². The zero-order valence-electron chi connectivity index (χ0n) is 13.8. The monoisotopic (exact) mass is 336 g/mol. The lowest BCUT2D eigenvalue weighted by Crippen LogP contribution is -2.32. The van der Waals surface area contributed by atoms with Crippen LogP contribution in [0.3, 0.4) is 0 Å². The number of hydrogen-bond donors (Lipinski definition) is 2. The molecule has 23 heavy (non-hydrogen) atoms. The van der Waals surface area contributed by atoms with Gasteiger partial charge in [0.1, 0.15) is 0 Å². The van der Waals surface area contributed by atoms with E-state index < -0.39 is 10.0 Å². The Bertz CT molecular complexity index is 658. The van der Waals surface area contributed by atoms with Gasteiger partial charge in [-0.15, -0.1) is 6.42 Å². The molecule has 1 atom stereocenters. The molecule has 0 radical (unpaired) electrons. The maximum Gasteiger partial charge on any atom is 0.251 e. The standard InChI is InChI=1S/C17H24N2O3S/c1-5-12-18-23(21,22)16-10-8-15(9-11-16)17(20)19-14(4)7-6-13(2)3/h1,8-11,13-14,18H,6-7,12H2,2-4H3,(H,19,20). The summed E-state index contributed by atoms with van der Waals surface area (Å²) in [5.74, 6) is 2.60. The molecule has 0 saturated heterocycles. The number of hydrogen-bond acceptors (Lipinski definition) is 3. The van der Waals surface area contributed by atoms with E-state index in [2.05, 4.69) is 29.8 Å². The number of carbonyl (C=O) groups is 1. The van der Waals surface area contributed by atoms with E-state index in [1.165, 1.54) is 24.3 Å². The van der Waals surface area contributed by atoms with Crippen molar-refractivity contribution >= 4 is 15.9 Å². The molecule has 5 nitrogen and oxygen atoms in total. The molecule has 0 fully saturated rings. The van der Waals surface area contributed by atoms with E-state index in [0.717, 1.165) is 12.8 Å². The van der Waals surface area contributed by atoms with Crippen molar-refractivity contribution < 1.29 is 13.2 Å². The van der Waals surface area contributed by atoms with Crippen LogP contribution in [0, 0.1) is 18.3 Å². The van der Waals surface area contributed by atoms with Gasteiger partial charge in [-0.3, -0.25) is 4.79 Å². The van der Waals surface area contributed by atoms with Crippen LogP contribution in [0.1, 0.15) is 44.0 Å². The van der Waals surface area contributed by atoms with Gasteiger partial charge in [0.05, 0.1) is 11.4 Å². The van der Waals surface area contributed by atoms with Gasteiger partial charge >= 0.3 is 0 Å². The van der Waals surface area contributed by atoms with Gasteiger partial charge in [0.15, 0.2) is 0 Å². The van der Waals surface area contributed by atoms with E-state index in [4.69, 9.17) is 6.42 Å². The molecule has 2 N–H and O–H groups in total. The molecule has 126 valence electrons. The minimum atomic E-state index is -3.63. The van der Waals surface area contributed by atoms with Gasteiger partial charge in [0.25, 0.3) is 5.91 Å². The summed E-state index contributed by atoms with van der Waals surface area (Å²) in [5.41, 5.74) is 0.428. The van der Waals surface area contributed by atoms with Crippen LogP contribution in [0.2, 0.25) is 0 Å². The van der Waals surface area contributed by atoms with Crippen molar-refractivity contribution in [3.63, 3.8) is 0 Å². The van der Waals surface area contributed by atoms with E-state index in [9.17, 15) is 13.2 Å². The lowest BCUT2D eigenvalue weighted by molar-refractivity contribution is 0.0937. The number of benzene rings is 1. The van der Waals surface area contributed by atoms with Crippen molar-refractivity contribution in [1.29, 1.82) is 0 Å². The van der Waals surface area contributed by atoms with Gasteiger partial charge in [-0.25, -0.2) is 8.42 Å². The van der Waals surface area contributed by atoms with E-state index in [0.29, 0.717) is 11.5 Å². The number of rotatable bonds is 8. The van der Waals surface area contributed by atoms with Crippen molar-refractivity contribution in [1.82, 2.24) is 10.0 Å². The van der Waals surface area contributed by atoms with Gasteiger partial charge in [-0.1, -0.05) is 19.8 Å². The zero-order valence-corrected chi connectivity index (χ0v) is 14.6. The normalized spacial score (nSPS) is 12.7. The predicted molar refractivity (Wildman–Crippen MR) is 91.5 cm³/mol. The number of sulfonamides is 1. The molecule has 0 saturated carbocycles. The molecule has 1 unspecified atom stereocenters. The Hall–Kier alpha value is -1.84. The van der Waals surface area contributed by atoms with Crippen LogP contribution in [0.25, 0.3) is 0 Å². The molecule has 0 aromatic heterocycles. The fourth-order valence-electron chi connectivity index (χ4n) is 1.97. The molecule has 1 rings (SSSR count). The van der Waals surface area contributed by atoms with E-state index >= 15 is 0 Å². The highest BCUT2D eigenvalue weighted by atomic mass is 32.2. The van der Waals surface area contributed by atoms with E-state index in [1.54, 1.807) is 0 Å². The Morgan fingerprint density at radius 2 is 1.78 bits per heavy atom. The third-order valence-electron chi connectivity index (χ3n) is 3.35. The Kier molecular flexibility index (Phi) is 7.27. The van der Waals surface area contributed by atoms with Gasteiger partial charge in [0.2, 0.25) is 10.0 Å². The summed E-state index contributed by atoms with van der Waals surface area (Å²) >= 11 is 0. The van der Waals surface area contributed by atoms with Crippen LogP contribution in [-0.2, 0) is 10.0 Å². The highest BCUT2D eigenvalue weighted by molar-refractivity contribution is 7.89. The molecule has 0 bridgehead atoms. The maximum atomic E-state index is 12.1. The Morgan fingerprint density at radius 1 is 1.17 bits per heavy atom. The second kappa shape index (κ2) is 8.70. The second-order valence-electron chi connectivity index (χ2n) is 5.90. The molecule has 1 aromatic rings. The number of nitrogens with one attached hydrogen (secondary N) is 2. The van der Waals surface area contributed by atoms with Crippen LogP contribution >= 0.6 is 0 Å². The summed E-state index contributed by atoms with van der Waals surface area (Å²) in [6.45, 7) is 6.17. The van der Waals surface area contributed by atoms with Gasteiger partial charge in [-0.05, 0) is 49.9 Å². The highest BCUT2D eigenvalue weighted by Crippen LogP contribution is 2.11. The fourth-order valence-corrected chi connectivity index (χ4v) is 2.90. The number of terminal acetylenes is 1. The van der Waals surface area contributed by atoms with Gasteiger partial charge in [-0.2, -0.15) is 4.72 Å². The average Bonchev–Trinajstić information content (AvgIpc) is 2.51. The Labute approximate surface area is 138 Å². The molecular formula is C17H24N2O3S. The van der Waals surface area contributed by atoms with Crippen LogP contribution < -0.4 is 10.0 Å². The molecule has 6 heteroatoms. The van der Waals surface area contributed by atoms with Crippen molar-refractivity contribution in [2.24, 2.45) is 5.92 Å². The minimum absolute atomic E-state index is 0.0715. The number of amides is 1. The summed E-state index contributed by atoms with van der Waals surface area (Å²) in [6, 6.07) is 5.86. The SMILES string of the molecule is C#CCNS(=O)(=O)c1ccc(C(=O)NC(C)CCC(C)C)cc1. The predicted octanol–water partition coefficient (Wildman–Crippen LogP) is 2.15. The molecular weight excluding hydrogens is 312 g/mol. The summed E-state index contributed by atoms with van der Waals surface area (Å²) in [5, 5.41) is 2.91. The molecule has 0 spiro atoms. The summed E-state index contributed by atoms with van der Waals surface area (Å²) in [6.07, 6.45) is 6.99. The lowest BCUT2D eigenvalue weighted by Gasteiger charge is -2.15. The number of carbonyl (C=O) groups excluding carboxylic acids is 1. The first kappa shape index (κ1) is 19.2. The van der Waals surface area contributed by atoms with Crippen molar-refractivity contribution in [3.05, 3.63) is 29.8 Å². The van der Waals surface area contributed by atoms with Crippen LogP contribution in [0.4, 0.5) is 0 Å². The van der Waals surface area contributed by atoms with Gasteiger partial charge in [0, 0.05) is 11.6 Å². The van der Waals surface area contributed by atoms with Crippen molar-refractivity contribution in [2.45, 2.75) is 44.6 Å². The average molecular weight is 336 g/mol. The zero-order chi connectivity index (χ0) is 17.5. The maximum absolute atomic E-state index is 12.1. The van der Waals surface area contributed by atoms with E-state index in [-0.39, 0.29) is 23.4 Å². The summed E-state index contributed by atoms with van der Waals surface area (Å²) < 4.78 is 26.1. The minimum Gasteiger partial charge on any atom is -0.350 e. The first-order valence-corrected chi connectivity index (χ1v) is 9.08. The second-order valence-corrected chi connectivity index (χ2v) is 7.67. The van der Waals surface area contributed by atoms with Crippen LogP contribution in [0.5, 0.6) is 0 Å². The third-order valence-corrected chi connectivity index (χ3v) is 4.76. The first-order valence-electron chi connectivity index (χ1n) is 7.60. The molecule has 1 amide bonds. The van der Waals surface area contributed by atoms with Crippen LogP contribution in [-0.4, -0.2) is 26.9 Å². The Balaban J connectivity index is 2.69. The fraction of sp³-hybridized carbons (Fsp3) is 0.471. The summed E-state index contributed by atoms with van der Waals surface area (Å²) in [4.78, 5) is 12.2. The molecule has 0 heterocycles. The molecule has 0 aliphatic rings. The highest BCUT2D eigenvalue weighted by Gasteiger charge is 2.15. The van der Waals surface area contributed by atoms with Gasteiger partial charge < -0.3 is 5.32 Å². The largest absolute Gasteiger partial charge is 0.350 e. The smallest absolute Gasteiger partial charge is 0.251 e. The molecule has 1 aromatic carbocycles. The molecule has 0 aliphatic heterocycles. The summed E-state index contributed by atoms with van der Waals surface area (Å²) in [7, 11) is -3.63. The van der Waals surface area contributed by atoms with Crippen molar-refractivity contribution in [2.75, 3.05) is 6.54 Å². The Morgan fingerprint density at radius 3 is 2.30 bits per heavy atom. The lowest BCUT2D eigenvalue weighted by atomic mass is 10.0. The molecule has 0 aliphatic carbocycles. The topological polar surface area (TPSA) is 75.3 Å². The van der Waals surface area contributed by atoms with E-state index in [1.807, 2.05) is 6.92 Å².